The van der Waals surface area contributed by atoms with Crippen LogP contribution in [-0.4, -0.2) is 32.8 Å². The number of sulfonamides is 1. The lowest BCUT2D eigenvalue weighted by Crippen LogP contribution is -2.34. The summed E-state index contributed by atoms with van der Waals surface area (Å²) in [6.07, 6.45) is 0.100. The molecule has 0 aromatic heterocycles. The lowest BCUT2D eigenvalue weighted by atomic mass is 10.1. The highest BCUT2D eigenvalue weighted by Crippen LogP contribution is 2.17. The summed E-state index contributed by atoms with van der Waals surface area (Å²) in [6, 6.07) is 6.08. The molecule has 18 heavy (non-hydrogen) atoms. The number of hydrogen-bond donors (Lipinski definition) is 2. The first-order chi connectivity index (χ1) is 8.49. The predicted molar refractivity (Wildman–Crippen MR) is 66.6 cm³/mol. The smallest absolute Gasteiger partial charge is 0.240 e. The molecule has 0 saturated carbocycles. The summed E-state index contributed by atoms with van der Waals surface area (Å²) in [5, 5.41) is 9.37. The van der Waals surface area contributed by atoms with E-state index in [0.29, 0.717) is 25.2 Å². The molecule has 2 unspecified atom stereocenters. The minimum absolute atomic E-state index is 0.147. The molecule has 1 saturated heterocycles. The molecule has 1 fully saturated rings. The summed E-state index contributed by atoms with van der Waals surface area (Å²) < 4.78 is 31.8. The van der Waals surface area contributed by atoms with E-state index in [1.54, 1.807) is 19.1 Å². The molecule has 0 spiro atoms. The molecule has 1 aromatic carbocycles. The second kappa shape index (κ2) is 5.36. The van der Waals surface area contributed by atoms with E-state index in [4.69, 9.17) is 4.74 Å². The lowest BCUT2D eigenvalue weighted by Gasteiger charge is -2.12. The van der Waals surface area contributed by atoms with Crippen LogP contribution in [0.2, 0.25) is 0 Å². The Morgan fingerprint density at radius 3 is 2.56 bits per heavy atom. The highest BCUT2D eigenvalue weighted by atomic mass is 32.2. The van der Waals surface area contributed by atoms with Crippen molar-refractivity contribution in [3.8, 4) is 0 Å². The van der Waals surface area contributed by atoms with Crippen molar-refractivity contribution in [1.29, 1.82) is 0 Å². The van der Waals surface area contributed by atoms with Gasteiger partial charge >= 0.3 is 0 Å². The molecule has 0 bridgehead atoms. The van der Waals surface area contributed by atoms with Crippen LogP contribution >= 0.6 is 0 Å². The number of ether oxygens (including phenoxy) is 1. The maximum Gasteiger partial charge on any atom is 0.240 e. The van der Waals surface area contributed by atoms with Crippen molar-refractivity contribution in [3.63, 3.8) is 0 Å². The molecule has 1 aromatic rings. The Bertz CT molecular complexity index is 489. The van der Waals surface area contributed by atoms with Gasteiger partial charge in [0.05, 0.1) is 17.6 Å². The summed E-state index contributed by atoms with van der Waals surface area (Å²) in [6.45, 7) is 2.65. The molecular formula is C12H17NO4S. The average molecular weight is 271 g/mol. The van der Waals surface area contributed by atoms with Crippen molar-refractivity contribution in [2.75, 3.05) is 13.2 Å². The van der Waals surface area contributed by atoms with E-state index >= 15 is 0 Å². The minimum Gasteiger partial charge on any atom is -0.389 e. The van der Waals surface area contributed by atoms with Crippen LogP contribution in [0.15, 0.2) is 29.2 Å². The Labute approximate surface area is 107 Å². The summed E-state index contributed by atoms with van der Waals surface area (Å²) in [5.74, 6) is 0. The highest BCUT2D eigenvalue weighted by molar-refractivity contribution is 7.89. The zero-order chi connectivity index (χ0) is 13.2. The first-order valence-electron chi connectivity index (χ1n) is 5.87. The molecule has 0 aliphatic carbocycles. The van der Waals surface area contributed by atoms with Crippen molar-refractivity contribution in [2.45, 2.75) is 30.4 Å². The second-order valence-electron chi connectivity index (χ2n) is 4.43. The van der Waals surface area contributed by atoms with Crippen LogP contribution in [0.3, 0.4) is 0 Å². The largest absolute Gasteiger partial charge is 0.389 e. The van der Waals surface area contributed by atoms with Crippen molar-refractivity contribution in [1.82, 2.24) is 4.72 Å². The van der Waals surface area contributed by atoms with Gasteiger partial charge in [-0.3, -0.25) is 0 Å². The number of aliphatic hydroxyl groups is 1. The van der Waals surface area contributed by atoms with E-state index in [9.17, 15) is 13.5 Å². The molecule has 0 amide bonds. The van der Waals surface area contributed by atoms with Gasteiger partial charge < -0.3 is 9.84 Å². The molecule has 1 aliphatic heterocycles. The van der Waals surface area contributed by atoms with Gasteiger partial charge in [-0.2, -0.15) is 0 Å². The molecule has 2 N–H and O–H groups in total. The topological polar surface area (TPSA) is 75.6 Å². The fourth-order valence-corrected chi connectivity index (χ4v) is 3.10. The molecule has 6 heteroatoms. The molecule has 5 nitrogen and oxygen atoms in total. The number of rotatable bonds is 4. The van der Waals surface area contributed by atoms with E-state index in [0.717, 1.165) is 0 Å². The van der Waals surface area contributed by atoms with Gasteiger partial charge in [0.25, 0.3) is 0 Å². The monoisotopic (exact) mass is 271 g/mol. The van der Waals surface area contributed by atoms with Gasteiger partial charge in [-0.25, -0.2) is 13.1 Å². The Hall–Kier alpha value is -0.950. The fraction of sp³-hybridized carbons (Fsp3) is 0.500. The Kier molecular flexibility index (Phi) is 4.01. The number of benzene rings is 1. The fourth-order valence-electron chi connectivity index (χ4n) is 1.84. The number of nitrogens with one attached hydrogen (secondary N) is 1. The predicted octanol–water partition coefficient (Wildman–Crippen LogP) is 0.807. The average Bonchev–Trinajstić information content (AvgIpc) is 2.81. The first-order valence-corrected chi connectivity index (χ1v) is 7.35. The third kappa shape index (κ3) is 3.08. The van der Waals surface area contributed by atoms with Crippen molar-refractivity contribution in [3.05, 3.63) is 29.8 Å². The maximum absolute atomic E-state index is 12.0. The summed E-state index contributed by atoms with van der Waals surface area (Å²) >= 11 is 0. The summed E-state index contributed by atoms with van der Waals surface area (Å²) in [4.78, 5) is 0.207. The van der Waals surface area contributed by atoms with Gasteiger partial charge in [-0.05, 0) is 31.0 Å². The van der Waals surface area contributed by atoms with Gasteiger partial charge in [0, 0.05) is 12.6 Å². The minimum atomic E-state index is -3.50. The van der Waals surface area contributed by atoms with E-state index in [2.05, 4.69) is 4.72 Å². The van der Waals surface area contributed by atoms with E-state index in [-0.39, 0.29) is 10.9 Å². The highest BCUT2D eigenvalue weighted by Gasteiger charge is 2.23. The lowest BCUT2D eigenvalue weighted by molar-refractivity contribution is 0.192. The third-order valence-electron chi connectivity index (χ3n) is 2.92. The van der Waals surface area contributed by atoms with Crippen molar-refractivity contribution >= 4 is 10.0 Å². The van der Waals surface area contributed by atoms with Gasteiger partial charge in [-0.1, -0.05) is 12.1 Å². The van der Waals surface area contributed by atoms with Crippen LogP contribution < -0.4 is 4.72 Å². The normalized spacial score (nSPS) is 22.0. The van der Waals surface area contributed by atoms with Gasteiger partial charge in [0.1, 0.15) is 0 Å². The van der Waals surface area contributed by atoms with E-state index < -0.39 is 16.1 Å². The molecule has 1 heterocycles. The quantitative estimate of drug-likeness (QED) is 0.849. The van der Waals surface area contributed by atoms with Crippen LogP contribution in [0, 0.1) is 0 Å². The Balaban J connectivity index is 2.13. The third-order valence-corrected chi connectivity index (χ3v) is 4.46. The van der Waals surface area contributed by atoms with Gasteiger partial charge in [0.2, 0.25) is 10.0 Å². The van der Waals surface area contributed by atoms with E-state index in [1.165, 1.54) is 12.1 Å². The summed E-state index contributed by atoms with van der Waals surface area (Å²) in [7, 11) is -3.50. The Morgan fingerprint density at radius 2 is 2.06 bits per heavy atom. The van der Waals surface area contributed by atoms with Crippen LogP contribution in [0.4, 0.5) is 0 Å². The van der Waals surface area contributed by atoms with Crippen molar-refractivity contribution in [2.24, 2.45) is 0 Å². The van der Waals surface area contributed by atoms with Gasteiger partial charge in [0.15, 0.2) is 0 Å². The van der Waals surface area contributed by atoms with Crippen molar-refractivity contribution < 1.29 is 18.3 Å². The van der Waals surface area contributed by atoms with Gasteiger partial charge in [-0.15, -0.1) is 0 Å². The van der Waals surface area contributed by atoms with Crippen LogP contribution in [0.5, 0.6) is 0 Å². The molecule has 100 valence electrons. The molecule has 0 radical (unpaired) electrons. The molecular weight excluding hydrogens is 254 g/mol. The van der Waals surface area contributed by atoms with Crippen LogP contribution in [-0.2, 0) is 14.8 Å². The SMILES string of the molecule is CC(O)c1ccc(S(=O)(=O)NC2CCOC2)cc1. The molecule has 2 rings (SSSR count). The molecule has 1 aliphatic rings. The number of aliphatic hydroxyl groups excluding tert-OH is 1. The summed E-state index contributed by atoms with van der Waals surface area (Å²) in [5.41, 5.74) is 0.693. The first kappa shape index (κ1) is 13.5. The molecule has 2 atom stereocenters. The van der Waals surface area contributed by atoms with Crippen LogP contribution in [0.1, 0.15) is 25.0 Å². The van der Waals surface area contributed by atoms with Crippen LogP contribution in [0.25, 0.3) is 0 Å². The zero-order valence-electron chi connectivity index (χ0n) is 10.2. The zero-order valence-corrected chi connectivity index (χ0v) is 11.0. The standard InChI is InChI=1S/C12H17NO4S/c1-9(14)10-2-4-12(5-3-10)18(15,16)13-11-6-7-17-8-11/h2-5,9,11,13-14H,6-8H2,1H3. The second-order valence-corrected chi connectivity index (χ2v) is 6.14. The number of hydrogen-bond acceptors (Lipinski definition) is 4. The van der Waals surface area contributed by atoms with E-state index in [1.807, 2.05) is 0 Å². The Morgan fingerprint density at radius 1 is 1.39 bits per heavy atom. The maximum atomic E-state index is 12.0.